The molecule has 24 heavy (non-hydrogen) atoms. The number of amides is 1. The molecule has 0 aliphatic carbocycles. The topological polar surface area (TPSA) is 41.1 Å². The summed E-state index contributed by atoms with van der Waals surface area (Å²) in [5, 5.41) is 4.74. The average Bonchev–Trinajstić information content (AvgIpc) is 2.51. The predicted molar refractivity (Wildman–Crippen MR) is 86.4 cm³/mol. The molecule has 126 valence electrons. The van der Waals surface area contributed by atoms with E-state index < -0.39 is 34.7 Å². The van der Waals surface area contributed by atoms with Crippen LogP contribution in [0, 0.1) is 23.3 Å². The Labute approximate surface area is 148 Å². The van der Waals surface area contributed by atoms with Gasteiger partial charge in [0, 0.05) is 5.02 Å². The maximum Gasteiger partial charge on any atom is 0.260 e. The Hall–Kier alpha value is -1.90. The summed E-state index contributed by atoms with van der Waals surface area (Å²) in [5.41, 5.74) is -0.763. The van der Waals surface area contributed by atoms with Gasteiger partial charge < -0.3 is 5.32 Å². The number of thiocarbonyl (C=S) groups is 1. The highest BCUT2D eigenvalue weighted by molar-refractivity contribution is 7.80. The fourth-order valence-electron chi connectivity index (χ4n) is 1.65. The van der Waals surface area contributed by atoms with Crippen LogP contribution in [0.15, 0.2) is 24.3 Å². The molecule has 2 N–H and O–H groups in total. The molecule has 0 unspecified atom stereocenters. The molecule has 1 amide bonds. The fourth-order valence-corrected chi connectivity index (χ4v) is 2.31. The first-order chi connectivity index (χ1) is 11.2. The van der Waals surface area contributed by atoms with Gasteiger partial charge in [0.1, 0.15) is 0 Å². The Morgan fingerprint density at radius 2 is 1.67 bits per heavy atom. The zero-order valence-corrected chi connectivity index (χ0v) is 13.7. The maximum absolute atomic E-state index is 13.5. The number of nitrogens with one attached hydrogen (secondary N) is 2. The van der Waals surface area contributed by atoms with Crippen molar-refractivity contribution in [1.29, 1.82) is 0 Å². The van der Waals surface area contributed by atoms with Crippen molar-refractivity contribution < 1.29 is 22.4 Å². The van der Waals surface area contributed by atoms with Gasteiger partial charge in [0.2, 0.25) is 0 Å². The second kappa shape index (κ2) is 7.33. The highest BCUT2D eigenvalue weighted by atomic mass is 35.5. The lowest BCUT2D eigenvalue weighted by molar-refractivity contribution is 0.0971. The van der Waals surface area contributed by atoms with Crippen molar-refractivity contribution in [3.8, 4) is 0 Å². The van der Waals surface area contributed by atoms with Gasteiger partial charge in [-0.2, -0.15) is 0 Å². The van der Waals surface area contributed by atoms with Crippen LogP contribution in [0.2, 0.25) is 10.0 Å². The number of carbonyl (C=O) groups excluding carboxylic acids is 1. The highest BCUT2D eigenvalue weighted by Gasteiger charge is 2.23. The molecule has 0 heterocycles. The Morgan fingerprint density at radius 3 is 2.29 bits per heavy atom. The summed E-state index contributed by atoms with van der Waals surface area (Å²) in [6, 6.07) is 4.58. The van der Waals surface area contributed by atoms with Crippen molar-refractivity contribution in [3.05, 3.63) is 63.1 Å². The zero-order valence-electron chi connectivity index (χ0n) is 11.4. The van der Waals surface area contributed by atoms with E-state index in [4.69, 9.17) is 35.4 Å². The molecule has 0 fully saturated rings. The first kappa shape index (κ1) is 18.4. The fraction of sp³-hybridized carbons (Fsp3) is 0. The van der Waals surface area contributed by atoms with Crippen LogP contribution in [0.4, 0.5) is 23.2 Å². The van der Waals surface area contributed by atoms with Gasteiger partial charge in [-0.3, -0.25) is 10.1 Å². The lowest BCUT2D eigenvalue weighted by Crippen LogP contribution is -2.35. The van der Waals surface area contributed by atoms with Crippen LogP contribution in [-0.4, -0.2) is 11.0 Å². The van der Waals surface area contributed by atoms with Crippen LogP contribution in [0.3, 0.4) is 0 Å². The van der Waals surface area contributed by atoms with Crippen LogP contribution in [-0.2, 0) is 0 Å². The van der Waals surface area contributed by atoms with Crippen LogP contribution in [0.25, 0.3) is 0 Å². The molecule has 10 heteroatoms. The minimum Gasteiger partial charge on any atom is -0.331 e. The van der Waals surface area contributed by atoms with Crippen molar-refractivity contribution in [2.24, 2.45) is 0 Å². The van der Waals surface area contributed by atoms with Gasteiger partial charge in [-0.1, -0.05) is 23.2 Å². The molecule has 0 radical (unpaired) electrons. The molecule has 0 saturated heterocycles. The number of benzene rings is 2. The largest absolute Gasteiger partial charge is 0.331 e. The smallest absolute Gasteiger partial charge is 0.260 e. The Morgan fingerprint density at radius 1 is 1.00 bits per heavy atom. The molecule has 0 aromatic heterocycles. The molecule has 0 atom stereocenters. The van der Waals surface area contributed by atoms with Crippen molar-refractivity contribution in [2.45, 2.75) is 0 Å². The third-order valence-corrected chi connectivity index (χ3v) is 3.51. The summed E-state index contributed by atoms with van der Waals surface area (Å²) in [7, 11) is 0. The molecule has 0 spiro atoms. The maximum atomic E-state index is 13.5. The van der Waals surface area contributed by atoms with E-state index in [0.717, 1.165) is 0 Å². The number of hydrogen-bond acceptors (Lipinski definition) is 2. The van der Waals surface area contributed by atoms with Crippen molar-refractivity contribution in [3.63, 3.8) is 0 Å². The number of rotatable bonds is 2. The van der Waals surface area contributed by atoms with E-state index in [-0.39, 0.29) is 21.9 Å². The summed E-state index contributed by atoms with van der Waals surface area (Å²) in [6.07, 6.45) is 0. The molecule has 0 aliphatic heterocycles. The van der Waals surface area contributed by atoms with Gasteiger partial charge in [0.25, 0.3) is 5.91 Å². The molecule has 3 nitrogen and oxygen atoms in total. The molecule has 0 saturated carbocycles. The van der Waals surface area contributed by atoms with Crippen LogP contribution in [0.1, 0.15) is 10.4 Å². The van der Waals surface area contributed by atoms with Crippen LogP contribution < -0.4 is 10.6 Å². The second-order valence-corrected chi connectivity index (χ2v) is 5.63. The Kier molecular flexibility index (Phi) is 5.63. The summed E-state index contributed by atoms with van der Waals surface area (Å²) < 4.78 is 52.7. The minimum absolute atomic E-state index is 0.184. The first-order valence-electron chi connectivity index (χ1n) is 6.11. The van der Waals surface area contributed by atoms with Crippen molar-refractivity contribution >= 4 is 52.1 Å². The van der Waals surface area contributed by atoms with Crippen molar-refractivity contribution in [1.82, 2.24) is 5.32 Å². The lowest BCUT2D eigenvalue weighted by atomic mass is 10.1. The van der Waals surface area contributed by atoms with E-state index in [1.165, 1.54) is 18.2 Å². The third-order valence-electron chi connectivity index (χ3n) is 2.75. The molecule has 2 rings (SSSR count). The quantitative estimate of drug-likeness (QED) is 0.335. The normalized spacial score (nSPS) is 10.4. The van der Waals surface area contributed by atoms with Crippen LogP contribution >= 0.6 is 35.4 Å². The summed E-state index contributed by atoms with van der Waals surface area (Å²) in [6.45, 7) is 0. The molecule has 2 aromatic carbocycles. The lowest BCUT2D eigenvalue weighted by Gasteiger charge is -2.12. The number of hydrogen-bond donors (Lipinski definition) is 2. The minimum atomic E-state index is -2.10. The molecule has 2 aromatic rings. The van der Waals surface area contributed by atoms with E-state index in [1.807, 2.05) is 5.32 Å². The van der Waals surface area contributed by atoms with Gasteiger partial charge in [-0.05, 0) is 36.5 Å². The first-order valence-corrected chi connectivity index (χ1v) is 7.27. The van der Waals surface area contributed by atoms with Crippen LogP contribution in [0.5, 0.6) is 0 Å². The highest BCUT2D eigenvalue weighted by Crippen LogP contribution is 2.25. The average molecular weight is 397 g/mol. The van der Waals surface area contributed by atoms with E-state index in [2.05, 4.69) is 5.32 Å². The van der Waals surface area contributed by atoms with Gasteiger partial charge in [-0.25, -0.2) is 17.6 Å². The van der Waals surface area contributed by atoms with Gasteiger partial charge in [0.15, 0.2) is 28.4 Å². The van der Waals surface area contributed by atoms with E-state index in [0.29, 0.717) is 5.02 Å². The molecule has 0 bridgehead atoms. The monoisotopic (exact) mass is 396 g/mol. The van der Waals surface area contributed by atoms with Crippen molar-refractivity contribution in [2.75, 3.05) is 5.32 Å². The van der Waals surface area contributed by atoms with Gasteiger partial charge in [0.05, 0.1) is 16.3 Å². The predicted octanol–water partition coefficient (Wildman–Crippen LogP) is 4.68. The summed E-state index contributed by atoms with van der Waals surface area (Å²) in [4.78, 5) is 11.8. The van der Waals surface area contributed by atoms with Gasteiger partial charge >= 0.3 is 0 Å². The Balaban J connectivity index is 2.16. The van der Waals surface area contributed by atoms with E-state index >= 15 is 0 Å². The Bertz CT molecular complexity index is 848. The molecular formula is C14H6Cl2F4N2OS. The summed E-state index contributed by atoms with van der Waals surface area (Å²) in [5.74, 6) is -8.93. The number of carbonyl (C=O) groups is 1. The van der Waals surface area contributed by atoms with Gasteiger partial charge in [-0.15, -0.1) is 0 Å². The number of halogens is 6. The summed E-state index contributed by atoms with van der Waals surface area (Å²) >= 11 is 16.4. The molecule has 0 aliphatic rings. The third kappa shape index (κ3) is 3.95. The zero-order chi connectivity index (χ0) is 18.0. The number of anilines is 1. The van der Waals surface area contributed by atoms with E-state index in [1.54, 1.807) is 0 Å². The molecular weight excluding hydrogens is 391 g/mol. The SMILES string of the molecule is O=C(NC(=S)Nc1ccc(Cl)cc1Cl)c1cc(F)c(F)c(F)c1F. The standard InChI is InChI=1S/C14H6Cl2F4N2OS/c15-5-1-2-9(7(16)3-5)21-14(24)22-13(23)6-4-8(17)11(19)12(20)10(6)18/h1-4H,(H2,21,22,23,24). The van der Waals surface area contributed by atoms with E-state index in [9.17, 15) is 22.4 Å². The second-order valence-electron chi connectivity index (χ2n) is 4.38.